The Morgan fingerprint density at radius 1 is 0.909 bits per heavy atom. The molecular weight excluding hydrogens is 280 g/mol. The molecule has 0 aliphatic heterocycles. The Morgan fingerprint density at radius 3 is 1.86 bits per heavy atom. The van der Waals surface area contributed by atoms with Gasteiger partial charge in [-0.2, -0.15) is 0 Å². The van der Waals surface area contributed by atoms with E-state index in [9.17, 15) is 9.59 Å². The zero-order chi connectivity index (χ0) is 15.8. The normalized spacial score (nSPS) is 10.8. The summed E-state index contributed by atoms with van der Waals surface area (Å²) in [6.07, 6.45) is 1.68. The van der Waals surface area contributed by atoms with Crippen LogP contribution in [0.5, 0.6) is 0 Å². The van der Waals surface area contributed by atoms with Gasteiger partial charge in [-0.25, -0.2) is 9.59 Å². The van der Waals surface area contributed by atoms with E-state index in [1.165, 1.54) is 0 Å². The first kappa shape index (κ1) is 15.5. The molecule has 0 bridgehead atoms. The Balaban J connectivity index is 2.13. The van der Waals surface area contributed by atoms with Crippen LogP contribution >= 0.6 is 0 Å². The Bertz CT molecular complexity index is 608. The summed E-state index contributed by atoms with van der Waals surface area (Å²) in [5.41, 5.74) is 2.06. The van der Waals surface area contributed by atoms with Crippen molar-refractivity contribution in [3.05, 3.63) is 83.9 Å². The third-order valence-electron chi connectivity index (χ3n) is 3.16. The Kier molecular flexibility index (Phi) is 5.49. The van der Waals surface area contributed by atoms with E-state index < -0.39 is 11.9 Å². The van der Waals surface area contributed by atoms with Crippen LogP contribution in [-0.2, 0) is 14.3 Å². The van der Waals surface area contributed by atoms with Gasteiger partial charge in [0.05, 0.1) is 0 Å². The summed E-state index contributed by atoms with van der Waals surface area (Å²) in [7, 11) is 0. The number of carboxylic acids is 1. The molecule has 112 valence electrons. The predicted octanol–water partition coefficient (Wildman–Crippen LogP) is 3.00. The lowest BCUT2D eigenvalue weighted by atomic mass is 9.92. The van der Waals surface area contributed by atoms with E-state index >= 15 is 0 Å². The molecule has 0 amide bonds. The minimum Gasteiger partial charge on any atom is -0.478 e. The van der Waals surface area contributed by atoms with Gasteiger partial charge in [-0.15, -0.1) is 0 Å². The van der Waals surface area contributed by atoms with Crippen LogP contribution in [0.25, 0.3) is 0 Å². The van der Waals surface area contributed by atoms with Crippen LogP contribution in [0.4, 0.5) is 0 Å². The number of hydrogen-bond acceptors (Lipinski definition) is 3. The van der Waals surface area contributed by atoms with Crippen LogP contribution in [0, 0.1) is 0 Å². The summed E-state index contributed by atoms with van der Waals surface area (Å²) in [6.45, 7) is 0.150. The maximum atomic E-state index is 11.5. The molecule has 0 radical (unpaired) electrons. The van der Waals surface area contributed by atoms with Gasteiger partial charge in [0, 0.05) is 18.1 Å². The third-order valence-corrected chi connectivity index (χ3v) is 3.16. The molecule has 22 heavy (non-hydrogen) atoms. The molecule has 0 saturated carbocycles. The molecule has 0 aliphatic carbocycles. The zero-order valence-electron chi connectivity index (χ0n) is 11.9. The van der Waals surface area contributed by atoms with Crippen LogP contribution in [0.2, 0.25) is 0 Å². The molecule has 1 N–H and O–H groups in total. The van der Waals surface area contributed by atoms with Crippen LogP contribution in [0.3, 0.4) is 0 Å². The topological polar surface area (TPSA) is 63.6 Å². The molecular formula is C18H16O4. The maximum absolute atomic E-state index is 11.5. The molecule has 0 aromatic heterocycles. The number of carbonyl (C=O) groups excluding carboxylic acids is 1. The highest BCUT2D eigenvalue weighted by atomic mass is 16.5. The summed E-state index contributed by atoms with van der Waals surface area (Å²) in [5.74, 6) is -1.94. The van der Waals surface area contributed by atoms with Gasteiger partial charge < -0.3 is 9.84 Å². The largest absolute Gasteiger partial charge is 0.478 e. The van der Waals surface area contributed by atoms with Crippen LogP contribution in [0.15, 0.2) is 72.8 Å². The Morgan fingerprint density at radius 2 is 1.41 bits per heavy atom. The molecule has 4 heteroatoms. The van der Waals surface area contributed by atoms with E-state index in [4.69, 9.17) is 9.84 Å². The third kappa shape index (κ3) is 4.59. The molecule has 2 rings (SSSR count). The van der Waals surface area contributed by atoms with Crippen LogP contribution in [-0.4, -0.2) is 23.7 Å². The van der Waals surface area contributed by atoms with Gasteiger partial charge in [0.2, 0.25) is 0 Å². The lowest BCUT2D eigenvalue weighted by molar-refractivity contribution is -0.139. The maximum Gasteiger partial charge on any atom is 0.331 e. The summed E-state index contributed by atoms with van der Waals surface area (Å²) in [5, 5.41) is 8.50. The number of esters is 1. The highest BCUT2D eigenvalue weighted by Gasteiger charge is 2.15. The van der Waals surface area contributed by atoms with Gasteiger partial charge in [-0.05, 0) is 11.1 Å². The Hall–Kier alpha value is -2.88. The van der Waals surface area contributed by atoms with Gasteiger partial charge in [0.1, 0.15) is 6.61 Å². The predicted molar refractivity (Wildman–Crippen MR) is 82.5 cm³/mol. The minimum atomic E-state index is -1.18. The van der Waals surface area contributed by atoms with Crippen molar-refractivity contribution in [2.75, 3.05) is 6.61 Å². The van der Waals surface area contributed by atoms with Gasteiger partial charge in [0.25, 0.3) is 0 Å². The lowest BCUT2D eigenvalue weighted by Gasteiger charge is -2.17. The molecule has 2 aromatic carbocycles. The molecule has 0 spiro atoms. The lowest BCUT2D eigenvalue weighted by Crippen LogP contribution is -2.13. The quantitative estimate of drug-likeness (QED) is 0.657. The Labute approximate surface area is 128 Å². The number of aliphatic carboxylic acids is 1. The number of carboxylic acid groups (broad SMARTS) is 1. The van der Waals surface area contributed by atoms with E-state index in [1.54, 1.807) is 0 Å². The zero-order valence-corrected chi connectivity index (χ0v) is 11.9. The van der Waals surface area contributed by atoms with Crippen LogP contribution < -0.4 is 0 Å². The molecule has 0 atom stereocenters. The van der Waals surface area contributed by atoms with Crippen molar-refractivity contribution in [2.45, 2.75) is 5.92 Å². The molecule has 0 heterocycles. The molecule has 2 aromatic rings. The van der Waals surface area contributed by atoms with E-state index in [-0.39, 0.29) is 12.5 Å². The second-order valence-corrected chi connectivity index (χ2v) is 4.68. The fraction of sp³-hybridized carbons (Fsp3) is 0.111. The molecule has 0 fully saturated rings. The van der Waals surface area contributed by atoms with E-state index in [0.29, 0.717) is 0 Å². The van der Waals surface area contributed by atoms with Gasteiger partial charge in [0.15, 0.2) is 0 Å². The van der Waals surface area contributed by atoms with Crippen molar-refractivity contribution in [3.8, 4) is 0 Å². The minimum absolute atomic E-state index is 0.0930. The number of ether oxygens (including phenoxy) is 1. The van der Waals surface area contributed by atoms with E-state index in [2.05, 4.69) is 0 Å². The summed E-state index contributed by atoms with van der Waals surface area (Å²) in [6, 6.07) is 19.4. The van der Waals surface area contributed by atoms with Crippen molar-refractivity contribution < 1.29 is 19.4 Å². The van der Waals surface area contributed by atoms with Crippen molar-refractivity contribution in [1.82, 2.24) is 0 Å². The first-order valence-electron chi connectivity index (χ1n) is 6.84. The van der Waals surface area contributed by atoms with Crippen molar-refractivity contribution in [3.63, 3.8) is 0 Å². The summed E-state index contributed by atoms with van der Waals surface area (Å²) >= 11 is 0. The monoisotopic (exact) mass is 296 g/mol. The fourth-order valence-electron chi connectivity index (χ4n) is 2.11. The first-order chi connectivity index (χ1) is 10.7. The standard InChI is InChI=1S/C18H16O4/c19-17(20)11-12-18(21)22-13-16(14-7-3-1-4-8-14)15-9-5-2-6-10-15/h1-12,16H,13H2,(H,19,20)/b12-11-. The average molecular weight is 296 g/mol. The second-order valence-electron chi connectivity index (χ2n) is 4.68. The summed E-state index contributed by atoms with van der Waals surface area (Å²) in [4.78, 5) is 21.9. The van der Waals surface area contributed by atoms with Crippen molar-refractivity contribution >= 4 is 11.9 Å². The molecule has 4 nitrogen and oxygen atoms in total. The van der Waals surface area contributed by atoms with Crippen molar-refractivity contribution in [1.29, 1.82) is 0 Å². The van der Waals surface area contributed by atoms with E-state index in [0.717, 1.165) is 23.3 Å². The van der Waals surface area contributed by atoms with E-state index in [1.807, 2.05) is 60.7 Å². The highest BCUT2D eigenvalue weighted by molar-refractivity contribution is 5.90. The second kappa shape index (κ2) is 7.78. The van der Waals surface area contributed by atoms with Gasteiger partial charge >= 0.3 is 11.9 Å². The number of benzene rings is 2. The number of rotatable bonds is 6. The number of hydrogen-bond donors (Lipinski definition) is 1. The fourth-order valence-corrected chi connectivity index (χ4v) is 2.11. The average Bonchev–Trinajstić information content (AvgIpc) is 2.55. The van der Waals surface area contributed by atoms with Crippen molar-refractivity contribution in [2.24, 2.45) is 0 Å². The molecule has 0 unspecified atom stereocenters. The molecule has 0 saturated heterocycles. The van der Waals surface area contributed by atoms with Gasteiger partial charge in [-0.1, -0.05) is 60.7 Å². The first-order valence-corrected chi connectivity index (χ1v) is 6.84. The SMILES string of the molecule is O=C(O)/C=C\C(=O)OCC(c1ccccc1)c1ccccc1. The number of carbonyl (C=O) groups is 2. The molecule has 0 aliphatic rings. The summed E-state index contributed by atoms with van der Waals surface area (Å²) < 4.78 is 5.17. The van der Waals surface area contributed by atoms with Gasteiger partial charge in [-0.3, -0.25) is 0 Å². The smallest absolute Gasteiger partial charge is 0.331 e. The highest BCUT2D eigenvalue weighted by Crippen LogP contribution is 2.24. The van der Waals surface area contributed by atoms with Crippen LogP contribution in [0.1, 0.15) is 17.0 Å².